The first kappa shape index (κ1) is 13.0. The summed E-state index contributed by atoms with van der Waals surface area (Å²) in [5.74, 6) is -1.74. The Morgan fingerprint density at radius 2 is 1.88 bits per heavy atom. The lowest BCUT2D eigenvalue weighted by Gasteiger charge is -2.24. The molecule has 0 aromatic heterocycles. The van der Waals surface area contributed by atoms with E-state index in [0.29, 0.717) is 0 Å². The Morgan fingerprint density at radius 3 is 2.41 bits per heavy atom. The summed E-state index contributed by atoms with van der Waals surface area (Å²) in [6, 6.07) is 8.08. The molecule has 1 aliphatic heterocycles. The van der Waals surface area contributed by atoms with Crippen LogP contribution in [-0.2, 0) is 9.98 Å². The second kappa shape index (κ2) is 4.05. The van der Waals surface area contributed by atoms with E-state index in [1.165, 1.54) is 11.4 Å². The normalized spacial score (nSPS) is 20.8. The molecule has 1 aromatic carbocycles. The smallest absolute Gasteiger partial charge is 0.276 e. The van der Waals surface area contributed by atoms with Crippen molar-refractivity contribution in [2.24, 2.45) is 0 Å². The molecule has 1 heterocycles. The van der Waals surface area contributed by atoms with Crippen LogP contribution in [0.15, 0.2) is 35.8 Å². The maximum Gasteiger partial charge on any atom is 0.276 e. The molecule has 0 atom stereocenters. The third kappa shape index (κ3) is 2.27. The molecule has 0 saturated carbocycles. The number of fused-ring (bicyclic) bond motifs is 1. The number of para-hydroxylation sites is 1. The minimum Gasteiger partial charge on any atom is -0.347 e. The molecule has 0 N–H and O–H groups in total. The molecule has 5 heteroatoms. The van der Waals surface area contributed by atoms with Crippen molar-refractivity contribution in [1.82, 2.24) is 0 Å². The fraction of sp³-hybridized carbons (Fsp3) is 0.333. The first-order valence-electron chi connectivity index (χ1n) is 5.29. The van der Waals surface area contributed by atoms with Crippen LogP contribution in [0.2, 0.25) is 0 Å². The molecule has 0 radical (unpaired) electrons. The van der Waals surface area contributed by atoms with Crippen LogP contribution in [0.25, 0.3) is 0 Å². The number of halogens is 2. The van der Waals surface area contributed by atoms with Crippen molar-refractivity contribution in [2.45, 2.75) is 19.3 Å². The second-order valence-corrected chi connectivity index (χ2v) is 9.51. The Balaban J connectivity index is 2.63. The van der Waals surface area contributed by atoms with E-state index in [9.17, 15) is 4.57 Å². The third-order valence-corrected chi connectivity index (χ3v) is 4.34. The molecular weight excluding hydrogens is 276 g/mol. The Labute approximate surface area is 111 Å². The predicted octanol–water partition coefficient (Wildman–Crippen LogP) is 4.93. The number of anilines is 1. The van der Waals surface area contributed by atoms with Gasteiger partial charge in [0.1, 0.15) is 0 Å². The molecule has 2 nitrogen and oxygen atoms in total. The lowest BCUT2D eigenvalue weighted by Crippen LogP contribution is -2.22. The van der Waals surface area contributed by atoms with E-state index >= 15 is 0 Å². The van der Waals surface area contributed by atoms with Crippen molar-refractivity contribution >= 4 is 34.0 Å². The summed E-state index contributed by atoms with van der Waals surface area (Å²) in [6.07, 6.45) is 0. The van der Waals surface area contributed by atoms with Crippen molar-refractivity contribution in [3.05, 3.63) is 41.3 Å². The summed E-state index contributed by atoms with van der Waals surface area (Å²) in [4.78, 5) is 1.99. The number of likely N-dealkylation sites (N-methyl/N-ethyl adjacent to an activating group) is 1. The summed E-state index contributed by atoms with van der Waals surface area (Å²) >= 11 is 11.3. The summed E-state index contributed by atoms with van der Waals surface area (Å²) in [7, 11) is 1.93. The van der Waals surface area contributed by atoms with Gasteiger partial charge >= 0.3 is 0 Å². The molecule has 0 amide bonds. The predicted molar refractivity (Wildman–Crippen MR) is 75.3 cm³/mol. The summed E-state index contributed by atoms with van der Waals surface area (Å²) < 4.78 is 11.6. The first-order valence-corrected chi connectivity index (χ1v) is 8.88. The van der Waals surface area contributed by atoms with Gasteiger partial charge in [0.15, 0.2) is 0 Å². The molecule has 92 valence electrons. The molecule has 0 aliphatic carbocycles. The lowest BCUT2D eigenvalue weighted by molar-refractivity contribution is 0.595. The Kier molecular flexibility index (Phi) is 3.10. The molecule has 0 spiro atoms. The van der Waals surface area contributed by atoms with Crippen LogP contribution in [-0.4, -0.2) is 7.05 Å². The van der Waals surface area contributed by atoms with Gasteiger partial charge in [-0.05, 0) is 34.1 Å². The zero-order valence-electron chi connectivity index (χ0n) is 9.95. The molecule has 0 unspecified atom stereocenters. The van der Waals surface area contributed by atoms with Crippen LogP contribution >= 0.6 is 28.3 Å². The van der Waals surface area contributed by atoms with Gasteiger partial charge in [0.2, 0.25) is 0 Å². The maximum atomic E-state index is 11.6. The number of benzene rings is 1. The monoisotopic (exact) mass is 289 g/mol. The van der Waals surface area contributed by atoms with Crippen LogP contribution < -0.4 is 4.90 Å². The molecule has 0 fully saturated rings. The zero-order valence-corrected chi connectivity index (χ0v) is 12.4. The van der Waals surface area contributed by atoms with Crippen LogP contribution in [0.5, 0.6) is 0 Å². The molecule has 1 aliphatic rings. The van der Waals surface area contributed by atoms with Crippen molar-refractivity contribution in [2.75, 3.05) is 11.9 Å². The number of hydrogen-bond donors (Lipinski definition) is 0. The average Bonchev–Trinajstić information content (AvgIpc) is 2.39. The van der Waals surface area contributed by atoms with E-state index in [1.54, 1.807) is 0 Å². The van der Waals surface area contributed by atoms with Crippen LogP contribution in [0.3, 0.4) is 0 Å². The van der Waals surface area contributed by atoms with Gasteiger partial charge in [-0.25, -0.2) is 0 Å². The van der Waals surface area contributed by atoms with Crippen molar-refractivity contribution in [1.29, 1.82) is 0 Å². The Morgan fingerprint density at radius 1 is 1.29 bits per heavy atom. The third-order valence-electron chi connectivity index (χ3n) is 3.21. The molecule has 1 aromatic rings. The summed E-state index contributed by atoms with van der Waals surface area (Å²) in [5, 5.41) is 0. The van der Waals surface area contributed by atoms with Gasteiger partial charge in [0, 0.05) is 29.7 Å². The number of nitrogens with zero attached hydrogens (tertiary/aromatic N) is 1. The fourth-order valence-electron chi connectivity index (χ4n) is 2.37. The highest BCUT2D eigenvalue weighted by Crippen LogP contribution is 2.61. The Hall–Kier alpha value is -0.430. The summed E-state index contributed by atoms with van der Waals surface area (Å²) in [5.41, 5.74) is 2.94. The van der Waals surface area contributed by atoms with Gasteiger partial charge in [0.25, 0.3) is 5.85 Å². The average molecular weight is 290 g/mol. The van der Waals surface area contributed by atoms with Gasteiger partial charge < -0.3 is 4.90 Å². The van der Waals surface area contributed by atoms with E-state index in [4.69, 9.17) is 22.5 Å². The number of rotatable bonds is 1. The van der Waals surface area contributed by atoms with Gasteiger partial charge in [-0.3, -0.25) is 4.57 Å². The largest absolute Gasteiger partial charge is 0.347 e. The van der Waals surface area contributed by atoms with Gasteiger partial charge in [-0.2, -0.15) is 0 Å². The lowest BCUT2D eigenvalue weighted by atomic mass is 9.84. The molecule has 0 bridgehead atoms. The van der Waals surface area contributed by atoms with Crippen molar-refractivity contribution < 1.29 is 4.57 Å². The zero-order chi connectivity index (χ0) is 12.8. The highest BCUT2D eigenvalue weighted by Gasteiger charge is 2.39. The van der Waals surface area contributed by atoms with Gasteiger partial charge in [0.05, 0.1) is 0 Å². The highest BCUT2D eigenvalue weighted by atomic mass is 35.9. The second-order valence-electron chi connectivity index (χ2n) is 4.72. The standard InChI is InChI=1S/C12H14Cl2NOP/c1-12(2)9-6-4-5-7-10(9)15(3)11(12)8-17(13,14)16/h4-8H,1-3H3/b11-8+. The first-order chi connectivity index (χ1) is 7.73. The van der Waals surface area contributed by atoms with Crippen LogP contribution in [0.4, 0.5) is 5.69 Å². The Bertz CT molecular complexity index is 533. The van der Waals surface area contributed by atoms with E-state index < -0.39 is 5.85 Å². The minimum absolute atomic E-state index is 0.231. The van der Waals surface area contributed by atoms with Gasteiger partial charge in [-0.1, -0.05) is 32.0 Å². The SMILES string of the molecule is CN1/C(=C/P(=O)(Cl)Cl)C(C)(C)c2ccccc21. The van der Waals surface area contributed by atoms with Crippen molar-refractivity contribution in [3.63, 3.8) is 0 Å². The molecular formula is C12H14Cl2NOP. The van der Waals surface area contributed by atoms with Gasteiger partial charge in [-0.15, -0.1) is 0 Å². The van der Waals surface area contributed by atoms with E-state index in [-0.39, 0.29) is 5.41 Å². The topological polar surface area (TPSA) is 20.3 Å². The fourth-order valence-corrected chi connectivity index (χ4v) is 3.71. The van der Waals surface area contributed by atoms with Crippen LogP contribution in [0, 0.1) is 0 Å². The van der Waals surface area contributed by atoms with E-state index in [1.807, 2.05) is 30.1 Å². The minimum atomic E-state index is -3.22. The summed E-state index contributed by atoms with van der Waals surface area (Å²) in [6.45, 7) is 4.15. The van der Waals surface area contributed by atoms with Crippen molar-refractivity contribution in [3.8, 4) is 0 Å². The molecule has 17 heavy (non-hydrogen) atoms. The quantitative estimate of drug-likeness (QED) is 0.684. The molecule has 2 rings (SSSR count). The number of allylic oxidation sites excluding steroid dienone is 1. The maximum absolute atomic E-state index is 11.6. The number of hydrogen-bond acceptors (Lipinski definition) is 2. The van der Waals surface area contributed by atoms with Crippen LogP contribution in [0.1, 0.15) is 19.4 Å². The highest BCUT2D eigenvalue weighted by molar-refractivity contribution is 8.10. The molecule has 0 saturated heterocycles. The van der Waals surface area contributed by atoms with E-state index in [0.717, 1.165) is 11.4 Å². The van der Waals surface area contributed by atoms with E-state index in [2.05, 4.69) is 19.9 Å².